The van der Waals surface area contributed by atoms with Crippen LogP contribution in [0.5, 0.6) is 0 Å². The molecule has 0 fully saturated rings. The molecule has 27 heavy (non-hydrogen) atoms. The van der Waals surface area contributed by atoms with E-state index < -0.39 is 0 Å². The number of rotatable bonds is 3. The van der Waals surface area contributed by atoms with Gasteiger partial charge >= 0.3 is 0 Å². The van der Waals surface area contributed by atoms with E-state index in [9.17, 15) is 4.79 Å². The third kappa shape index (κ3) is 2.73. The smallest absolute Gasteiger partial charge is 0.272 e. The van der Waals surface area contributed by atoms with Crippen LogP contribution < -0.4 is 16.6 Å². The number of aryl methyl sites for hydroxylation is 3. The summed E-state index contributed by atoms with van der Waals surface area (Å²) in [4.78, 5) is 18.0. The number of hydrogen-bond acceptors (Lipinski definition) is 5. The van der Waals surface area contributed by atoms with Crippen LogP contribution >= 0.6 is 0 Å². The zero-order valence-electron chi connectivity index (χ0n) is 15.4. The third-order valence-corrected chi connectivity index (χ3v) is 4.63. The summed E-state index contributed by atoms with van der Waals surface area (Å²) in [5.74, 6) is 0.592. The van der Waals surface area contributed by atoms with E-state index in [-0.39, 0.29) is 11.4 Å². The van der Waals surface area contributed by atoms with Crippen molar-refractivity contribution >= 4 is 28.5 Å². The number of para-hydroxylation sites is 2. The largest absolute Gasteiger partial charge is 0.381 e. The Bertz CT molecular complexity index is 1220. The molecule has 2 heterocycles. The first-order chi connectivity index (χ1) is 13.0. The molecule has 4 aromatic rings. The average molecular weight is 360 g/mol. The van der Waals surface area contributed by atoms with Crippen LogP contribution in [0.2, 0.25) is 0 Å². The third-order valence-electron chi connectivity index (χ3n) is 4.63. The second-order valence-electron chi connectivity index (χ2n) is 6.51. The Morgan fingerprint density at radius 1 is 1.00 bits per heavy atom. The summed E-state index contributed by atoms with van der Waals surface area (Å²) in [6.07, 6.45) is 0. The van der Waals surface area contributed by atoms with Gasteiger partial charge in [-0.3, -0.25) is 4.79 Å². The minimum atomic E-state index is -0.254. The highest BCUT2D eigenvalue weighted by molar-refractivity contribution is 5.87. The number of benzene rings is 2. The second-order valence-corrected chi connectivity index (χ2v) is 6.51. The molecule has 2 aromatic heterocycles. The van der Waals surface area contributed by atoms with Crippen molar-refractivity contribution in [1.29, 1.82) is 0 Å². The van der Waals surface area contributed by atoms with Crippen molar-refractivity contribution in [3.05, 3.63) is 70.0 Å². The molecule has 0 bridgehead atoms. The molecular weight excluding hydrogens is 340 g/mol. The number of nitrogens with zero attached hydrogens (tertiary/aromatic N) is 4. The zero-order chi connectivity index (χ0) is 19.1. The van der Waals surface area contributed by atoms with Crippen molar-refractivity contribution in [2.24, 2.45) is 7.05 Å². The summed E-state index contributed by atoms with van der Waals surface area (Å²) in [6.45, 7) is 3.95. The van der Waals surface area contributed by atoms with Gasteiger partial charge in [0.2, 0.25) is 5.95 Å². The molecule has 0 radical (unpaired) electrons. The van der Waals surface area contributed by atoms with Gasteiger partial charge < -0.3 is 11.1 Å². The molecule has 136 valence electrons. The number of fused-ring (bicyclic) bond motifs is 1. The van der Waals surface area contributed by atoms with E-state index in [0.717, 1.165) is 22.5 Å². The normalized spacial score (nSPS) is 11.1. The summed E-state index contributed by atoms with van der Waals surface area (Å²) >= 11 is 0. The van der Waals surface area contributed by atoms with Gasteiger partial charge in [0.15, 0.2) is 11.5 Å². The molecule has 0 aliphatic heterocycles. The molecule has 3 N–H and O–H groups in total. The molecule has 7 nitrogen and oxygen atoms in total. The monoisotopic (exact) mass is 360 g/mol. The number of aromatic nitrogens is 4. The molecule has 0 atom stereocenters. The van der Waals surface area contributed by atoms with Crippen molar-refractivity contribution in [2.45, 2.75) is 13.8 Å². The lowest BCUT2D eigenvalue weighted by Gasteiger charge is -2.16. The van der Waals surface area contributed by atoms with Gasteiger partial charge in [-0.1, -0.05) is 36.4 Å². The second kappa shape index (κ2) is 6.28. The van der Waals surface area contributed by atoms with Gasteiger partial charge in [0.05, 0.1) is 5.69 Å². The molecule has 7 heteroatoms. The predicted molar refractivity (Wildman–Crippen MR) is 108 cm³/mol. The molecule has 0 aliphatic rings. The number of hydrogen-bond donors (Lipinski definition) is 2. The predicted octanol–water partition coefficient (Wildman–Crippen LogP) is 3.06. The molecule has 0 saturated carbocycles. The molecular formula is C20H20N6O. The SMILES string of the molecule is Cc1ccccc1Nc1nc2c(c(N)nn2C)c(=O)n1-c1ccccc1C. The van der Waals surface area contributed by atoms with E-state index in [4.69, 9.17) is 5.73 Å². The van der Waals surface area contributed by atoms with Crippen LogP contribution in [0.3, 0.4) is 0 Å². The van der Waals surface area contributed by atoms with Gasteiger partial charge in [0.25, 0.3) is 5.56 Å². The number of nitrogens with one attached hydrogen (secondary N) is 1. The molecule has 0 aliphatic carbocycles. The Hall–Kier alpha value is -3.61. The van der Waals surface area contributed by atoms with E-state index in [1.54, 1.807) is 11.6 Å². The minimum absolute atomic E-state index is 0.176. The maximum absolute atomic E-state index is 13.4. The fourth-order valence-corrected chi connectivity index (χ4v) is 3.18. The Kier molecular flexibility index (Phi) is 3.92. The van der Waals surface area contributed by atoms with Crippen molar-refractivity contribution in [3.8, 4) is 5.69 Å². The molecule has 0 amide bonds. The van der Waals surface area contributed by atoms with Crippen LogP contribution in [0, 0.1) is 13.8 Å². The Balaban J connectivity index is 2.06. The summed E-state index contributed by atoms with van der Waals surface area (Å²) in [5.41, 5.74) is 9.80. The Labute approximate surface area is 156 Å². The van der Waals surface area contributed by atoms with Crippen molar-refractivity contribution in [2.75, 3.05) is 11.1 Å². The van der Waals surface area contributed by atoms with Crippen LogP contribution in [-0.2, 0) is 7.05 Å². The fourth-order valence-electron chi connectivity index (χ4n) is 3.18. The van der Waals surface area contributed by atoms with Crippen molar-refractivity contribution in [3.63, 3.8) is 0 Å². The van der Waals surface area contributed by atoms with Crippen LogP contribution in [0.1, 0.15) is 11.1 Å². The van der Waals surface area contributed by atoms with Crippen LogP contribution in [0.4, 0.5) is 17.5 Å². The first-order valence-electron chi connectivity index (χ1n) is 8.61. The summed E-state index contributed by atoms with van der Waals surface area (Å²) in [5, 5.41) is 7.79. The fraction of sp³-hybridized carbons (Fsp3) is 0.150. The topological polar surface area (TPSA) is 90.8 Å². The lowest BCUT2D eigenvalue weighted by atomic mass is 10.2. The highest BCUT2D eigenvalue weighted by atomic mass is 16.1. The van der Waals surface area contributed by atoms with E-state index in [0.29, 0.717) is 17.0 Å². The standard InChI is InChI=1S/C20H20N6O/c1-12-8-4-6-10-14(12)22-20-23-18-16(17(21)24-25(18)3)19(27)26(20)15-11-7-5-9-13(15)2/h4-11H,1-3H3,(H2,21,24)(H,22,23). The van der Waals surface area contributed by atoms with Gasteiger partial charge in [0, 0.05) is 12.7 Å². The molecule has 0 unspecified atom stereocenters. The summed E-state index contributed by atoms with van der Waals surface area (Å²) in [7, 11) is 1.72. The average Bonchev–Trinajstić information content (AvgIpc) is 2.92. The van der Waals surface area contributed by atoms with E-state index >= 15 is 0 Å². The quantitative estimate of drug-likeness (QED) is 0.586. The van der Waals surface area contributed by atoms with Crippen LogP contribution in [0.25, 0.3) is 16.7 Å². The molecule has 0 spiro atoms. The molecule has 4 rings (SSSR count). The minimum Gasteiger partial charge on any atom is -0.381 e. The first kappa shape index (κ1) is 16.8. The van der Waals surface area contributed by atoms with Crippen molar-refractivity contribution in [1.82, 2.24) is 19.3 Å². The highest BCUT2D eigenvalue weighted by Gasteiger charge is 2.20. The number of nitrogens with two attached hydrogens (primary N) is 1. The van der Waals surface area contributed by atoms with E-state index in [2.05, 4.69) is 15.4 Å². The van der Waals surface area contributed by atoms with Gasteiger partial charge in [-0.05, 0) is 37.1 Å². The number of nitrogen functional groups attached to an aromatic ring is 1. The lowest BCUT2D eigenvalue weighted by Crippen LogP contribution is -2.24. The van der Waals surface area contributed by atoms with Gasteiger partial charge in [0.1, 0.15) is 5.39 Å². The summed E-state index contributed by atoms with van der Waals surface area (Å²) < 4.78 is 3.08. The Morgan fingerprint density at radius 3 is 2.37 bits per heavy atom. The van der Waals surface area contributed by atoms with Crippen molar-refractivity contribution < 1.29 is 0 Å². The molecule has 2 aromatic carbocycles. The molecule has 0 saturated heterocycles. The van der Waals surface area contributed by atoms with E-state index in [1.165, 1.54) is 4.68 Å². The first-order valence-corrected chi connectivity index (χ1v) is 8.61. The summed E-state index contributed by atoms with van der Waals surface area (Å²) in [6, 6.07) is 15.5. The lowest BCUT2D eigenvalue weighted by molar-refractivity contribution is 0.788. The van der Waals surface area contributed by atoms with Crippen LogP contribution in [-0.4, -0.2) is 19.3 Å². The Morgan fingerprint density at radius 2 is 1.67 bits per heavy atom. The van der Waals surface area contributed by atoms with E-state index in [1.807, 2.05) is 62.4 Å². The maximum Gasteiger partial charge on any atom is 0.272 e. The highest BCUT2D eigenvalue weighted by Crippen LogP contribution is 2.25. The van der Waals surface area contributed by atoms with Gasteiger partial charge in [-0.2, -0.15) is 10.1 Å². The number of anilines is 3. The van der Waals surface area contributed by atoms with Gasteiger partial charge in [-0.25, -0.2) is 9.25 Å². The van der Waals surface area contributed by atoms with Crippen LogP contribution in [0.15, 0.2) is 53.3 Å². The van der Waals surface area contributed by atoms with Gasteiger partial charge in [-0.15, -0.1) is 0 Å². The zero-order valence-corrected chi connectivity index (χ0v) is 15.4. The maximum atomic E-state index is 13.4.